The van der Waals surface area contributed by atoms with Crippen LogP contribution in [-0.2, 0) is 11.3 Å². The fraction of sp³-hybridized carbons (Fsp3) is 0.263. The maximum atomic E-state index is 12.4. The van der Waals surface area contributed by atoms with Crippen LogP contribution in [0.25, 0.3) is 0 Å². The van der Waals surface area contributed by atoms with Gasteiger partial charge in [-0.15, -0.1) is 0 Å². The molecule has 0 radical (unpaired) electrons. The Morgan fingerprint density at radius 2 is 1.84 bits per heavy atom. The van der Waals surface area contributed by atoms with Gasteiger partial charge in [-0.25, -0.2) is 4.99 Å². The quantitative estimate of drug-likeness (QED) is 0.599. The number of nitrogens with zero attached hydrogens (tertiary/aromatic N) is 2. The van der Waals surface area contributed by atoms with Gasteiger partial charge in [-0.1, -0.05) is 42.5 Å². The van der Waals surface area contributed by atoms with Crippen LogP contribution in [0.15, 0.2) is 59.6 Å². The van der Waals surface area contributed by atoms with Crippen molar-refractivity contribution in [1.29, 1.82) is 0 Å². The molecule has 0 aliphatic carbocycles. The summed E-state index contributed by atoms with van der Waals surface area (Å²) in [4.78, 5) is 18.3. The van der Waals surface area contributed by atoms with E-state index in [1.165, 1.54) is 0 Å². The van der Waals surface area contributed by atoms with Crippen molar-refractivity contribution >= 4 is 17.6 Å². The lowest BCUT2D eigenvalue weighted by Crippen LogP contribution is -2.33. The van der Waals surface area contributed by atoms with Gasteiger partial charge in [0, 0.05) is 13.1 Å². The maximum absolute atomic E-state index is 12.4. The largest absolute Gasteiger partial charge is 0.495 e. The zero-order valence-corrected chi connectivity index (χ0v) is 14.6. The minimum atomic E-state index is -0.0730. The van der Waals surface area contributed by atoms with Gasteiger partial charge in [0.25, 0.3) is 0 Å². The highest BCUT2D eigenvalue weighted by Crippen LogP contribution is 2.22. The molecule has 0 spiro atoms. The number of anilines is 1. The molecule has 25 heavy (non-hydrogen) atoms. The van der Waals surface area contributed by atoms with Gasteiger partial charge < -0.3 is 20.7 Å². The van der Waals surface area contributed by atoms with Crippen LogP contribution < -0.4 is 15.8 Å². The van der Waals surface area contributed by atoms with Crippen LogP contribution in [0.4, 0.5) is 5.69 Å². The number of amides is 1. The minimum absolute atomic E-state index is 0.00530. The van der Waals surface area contributed by atoms with Gasteiger partial charge in [0.1, 0.15) is 12.3 Å². The Bertz CT molecular complexity index is 716. The van der Waals surface area contributed by atoms with E-state index < -0.39 is 0 Å². The van der Waals surface area contributed by atoms with E-state index in [-0.39, 0.29) is 18.4 Å². The normalized spacial score (nSPS) is 11.0. The molecule has 2 aromatic carbocycles. The Labute approximate surface area is 148 Å². The second-order valence-corrected chi connectivity index (χ2v) is 5.42. The zero-order chi connectivity index (χ0) is 18.1. The number of rotatable bonds is 7. The SMILES string of the molecule is CCN(Cc1ccccc1)C(=O)CN=C(N)Nc1ccccc1OC. The van der Waals surface area contributed by atoms with Gasteiger partial charge in [-0.2, -0.15) is 0 Å². The summed E-state index contributed by atoms with van der Waals surface area (Å²) in [6, 6.07) is 17.2. The fourth-order valence-corrected chi connectivity index (χ4v) is 2.36. The van der Waals surface area contributed by atoms with Crippen molar-refractivity contribution in [2.45, 2.75) is 13.5 Å². The van der Waals surface area contributed by atoms with Crippen molar-refractivity contribution in [3.8, 4) is 5.75 Å². The molecule has 0 bridgehead atoms. The smallest absolute Gasteiger partial charge is 0.244 e. The molecule has 132 valence electrons. The van der Waals surface area contributed by atoms with Crippen LogP contribution in [-0.4, -0.2) is 37.0 Å². The lowest BCUT2D eigenvalue weighted by atomic mass is 10.2. The van der Waals surface area contributed by atoms with Crippen LogP contribution in [0.3, 0.4) is 0 Å². The summed E-state index contributed by atoms with van der Waals surface area (Å²) in [5.41, 5.74) is 7.67. The number of nitrogens with two attached hydrogens (primary N) is 1. The van der Waals surface area contributed by atoms with Crippen molar-refractivity contribution in [2.75, 3.05) is 25.5 Å². The second kappa shape index (κ2) is 9.32. The second-order valence-electron chi connectivity index (χ2n) is 5.42. The standard InChI is InChI=1S/C19H24N4O2/c1-3-23(14-15-9-5-4-6-10-15)18(24)13-21-19(20)22-16-11-7-8-12-17(16)25-2/h4-12H,3,13-14H2,1-2H3,(H3,20,21,22). The van der Waals surface area contributed by atoms with E-state index in [9.17, 15) is 4.79 Å². The molecule has 6 heteroatoms. The van der Waals surface area contributed by atoms with E-state index in [1.54, 1.807) is 12.0 Å². The summed E-state index contributed by atoms with van der Waals surface area (Å²) in [5.74, 6) is 0.760. The van der Waals surface area contributed by atoms with Gasteiger partial charge in [-0.3, -0.25) is 4.79 Å². The number of carbonyl (C=O) groups is 1. The molecule has 2 rings (SSSR count). The minimum Gasteiger partial charge on any atom is -0.495 e. The Hall–Kier alpha value is -3.02. The predicted molar refractivity (Wildman–Crippen MR) is 101 cm³/mol. The summed E-state index contributed by atoms with van der Waals surface area (Å²) in [6.07, 6.45) is 0. The maximum Gasteiger partial charge on any atom is 0.244 e. The number of nitrogens with one attached hydrogen (secondary N) is 1. The first-order valence-electron chi connectivity index (χ1n) is 8.15. The van der Waals surface area contributed by atoms with Gasteiger partial charge in [-0.05, 0) is 24.6 Å². The van der Waals surface area contributed by atoms with Crippen LogP contribution in [0.1, 0.15) is 12.5 Å². The predicted octanol–water partition coefficient (Wildman–Crippen LogP) is 2.47. The first-order valence-corrected chi connectivity index (χ1v) is 8.15. The molecule has 3 N–H and O–H groups in total. The summed E-state index contributed by atoms with van der Waals surface area (Å²) in [7, 11) is 1.58. The highest BCUT2D eigenvalue weighted by Gasteiger charge is 2.12. The topological polar surface area (TPSA) is 80.0 Å². The molecule has 0 heterocycles. The first-order chi connectivity index (χ1) is 12.1. The van der Waals surface area contributed by atoms with Crippen molar-refractivity contribution in [1.82, 2.24) is 4.90 Å². The average Bonchev–Trinajstić information content (AvgIpc) is 2.65. The summed E-state index contributed by atoms with van der Waals surface area (Å²) >= 11 is 0. The lowest BCUT2D eigenvalue weighted by Gasteiger charge is -2.20. The van der Waals surface area contributed by atoms with Gasteiger partial charge in [0.15, 0.2) is 5.96 Å². The fourth-order valence-electron chi connectivity index (χ4n) is 2.36. The summed E-state index contributed by atoms with van der Waals surface area (Å²) in [5, 5.41) is 2.96. The summed E-state index contributed by atoms with van der Waals surface area (Å²) < 4.78 is 5.25. The van der Waals surface area contributed by atoms with E-state index >= 15 is 0 Å². The van der Waals surface area contributed by atoms with Crippen molar-refractivity contribution in [3.63, 3.8) is 0 Å². The molecule has 0 aromatic heterocycles. The van der Waals surface area contributed by atoms with Gasteiger partial charge in [0.05, 0.1) is 12.8 Å². The average molecular weight is 340 g/mol. The molecule has 0 aliphatic heterocycles. The van der Waals surface area contributed by atoms with Crippen molar-refractivity contribution in [3.05, 3.63) is 60.2 Å². The van der Waals surface area contributed by atoms with Crippen molar-refractivity contribution in [2.24, 2.45) is 10.7 Å². The zero-order valence-electron chi connectivity index (χ0n) is 14.6. The monoisotopic (exact) mass is 340 g/mol. The molecule has 1 amide bonds. The van der Waals surface area contributed by atoms with Crippen LogP contribution in [0.2, 0.25) is 0 Å². The van der Waals surface area contributed by atoms with E-state index in [2.05, 4.69) is 10.3 Å². The van der Waals surface area contributed by atoms with Crippen molar-refractivity contribution < 1.29 is 9.53 Å². The number of para-hydroxylation sites is 2. The van der Waals surface area contributed by atoms with Crippen LogP contribution in [0.5, 0.6) is 5.75 Å². The molecular formula is C19H24N4O2. The number of aliphatic imine (C=N–C) groups is 1. The molecule has 0 aliphatic rings. The lowest BCUT2D eigenvalue weighted by molar-refractivity contribution is -0.130. The number of benzene rings is 2. The van der Waals surface area contributed by atoms with E-state index in [0.29, 0.717) is 24.5 Å². The first kappa shape index (κ1) is 18.3. The number of carbonyl (C=O) groups excluding carboxylic acids is 1. The number of methoxy groups -OCH3 is 1. The Balaban J connectivity index is 1.95. The molecule has 0 unspecified atom stereocenters. The highest BCUT2D eigenvalue weighted by atomic mass is 16.5. The molecule has 0 atom stereocenters. The molecule has 6 nitrogen and oxygen atoms in total. The van der Waals surface area contributed by atoms with Gasteiger partial charge in [0.2, 0.25) is 5.91 Å². The molecule has 0 saturated heterocycles. The third-order valence-electron chi connectivity index (χ3n) is 3.71. The number of guanidine groups is 1. The van der Waals surface area contributed by atoms with Crippen LogP contribution in [0, 0.1) is 0 Å². The Kier molecular flexibility index (Phi) is 6.83. The number of likely N-dealkylation sites (N-methyl/N-ethyl adjacent to an activating group) is 1. The number of hydrogen-bond acceptors (Lipinski definition) is 3. The third kappa shape index (κ3) is 5.53. The molecular weight excluding hydrogens is 316 g/mol. The van der Waals surface area contributed by atoms with Gasteiger partial charge >= 0.3 is 0 Å². The number of ether oxygens (including phenoxy) is 1. The van der Waals surface area contributed by atoms with Crippen LogP contribution >= 0.6 is 0 Å². The summed E-state index contributed by atoms with van der Waals surface area (Å²) in [6.45, 7) is 3.12. The van der Waals surface area contributed by atoms with E-state index in [1.807, 2.05) is 61.5 Å². The Morgan fingerprint density at radius 3 is 2.52 bits per heavy atom. The Morgan fingerprint density at radius 1 is 1.16 bits per heavy atom. The molecule has 0 saturated carbocycles. The third-order valence-corrected chi connectivity index (χ3v) is 3.71. The highest BCUT2D eigenvalue weighted by molar-refractivity contribution is 5.95. The molecule has 0 fully saturated rings. The van der Waals surface area contributed by atoms with E-state index in [0.717, 1.165) is 5.56 Å². The molecule has 2 aromatic rings. The number of hydrogen-bond donors (Lipinski definition) is 2. The van der Waals surface area contributed by atoms with E-state index in [4.69, 9.17) is 10.5 Å².